The number of nitrogens with one attached hydrogen (secondary N) is 2. The molecule has 0 aromatic rings. The van der Waals surface area contributed by atoms with Crippen LogP contribution in [0.4, 0.5) is 4.79 Å². The van der Waals surface area contributed by atoms with Crippen LogP contribution in [0.5, 0.6) is 0 Å². The van der Waals surface area contributed by atoms with E-state index in [1.165, 1.54) is 0 Å². The summed E-state index contributed by atoms with van der Waals surface area (Å²) < 4.78 is 0. The number of hydrogen-bond acceptors (Lipinski definition) is 2. The highest BCUT2D eigenvalue weighted by Gasteiger charge is 2.41. The number of rotatable bonds is 3. The molecule has 13 heavy (non-hydrogen) atoms. The highest BCUT2D eigenvalue weighted by atomic mass is 16.2. The summed E-state index contributed by atoms with van der Waals surface area (Å²) in [7, 11) is 0. The topological polar surface area (TPSA) is 58.2 Å². The molecule has 0 aromatic carbocycles. The summed E-state index contributed by atoms with van der Waals surface area (Å²) in [4.78, 5) is 22.1. The fourth-order valence-electron chi connectivity index (χ4n) is 1.22. The van der Waals surface area contributed by atoms with Gasteiger partial charge in [0.05, 0.1) is 0 Å². The summed E-state index contributed by atoms with van der Waals surface area (Å²) in [5, 5.41) is 4.81. The Morgan fingerprint density at radius 2 is 2.15 bits per heavy atom. The lowest BCUT2D eigenvalue weighted by Crippen LogP contribution is -2.43. The first-order valence-corrected chi connectivity index (χ1v) is 4.22. The molecule has 1 aliphatic rings. The van der Waals surface area contributed by atoms with E-state index in [4.69, 9.17) is 0 Å². The average molecular weight is 182 g/mol. The molecule has 0 bridgehead atoms. The first-order chi connectivity index (χ1) is 5.94. The second-order valence-electron chi connectivity index (χ2n) is 3.70. The van der Waals surface area contributed by atoms with Gasteiger partial charge >= 0.3 is 6.03 Å². The Balaban J connectivity index is 2.60. The quantitative estimate of drug-likeness (QED) is 0.504. The van der Waals surface area contributed by atoms with Crippen molar-refractivity contribution in [2.45, 2.75) is 32.2 Å². The zero-order chi connectivity index (χ0) is 10.1. The van der Waals surface area contributed by atoms with E-state index in [0.29, 0.717) is 6.42 Å². The van der Waals surface area contributed by atoms with Gasteiger partial charge in [-0.1, -0.05) is 5.57 Å². The van der Waals surface area contributed by atoms with E-state index in [1.54, 1.807) is 6.92 Å². The summed E-state index contributed by atoms with van der Waals surface area (Å²) >= 11 is 0. The van der Waals surface area contributed by atoms with Gasteiger partial charge in [0.25, 0.3) is 5.91 Å². The van der Waals surface area contributed by atoms with Gasteiger partial charge in [0, 0.05) is 0 Å². The third kappa shape index (κ3) is 2.08. The van der Waals surface area contributed by atoms with Crippen molar-refractivity contribution < 1.29 is 9.59 Å². The van der Waals surface area contributed by atoms with Gasteiger partial charge in [0.15, 0.2) is 0 Å². The zero-order valence-electron chi connectivity index (χ0n) is 7.94. The second kappa shape index (κ2) is 3.20. The fraction of sp³-hybridized carbons (Fsp3) is 0.556. The summed E-state index contributed by atoms with van der Waals surface area (Å²) in [6, 6.07) is -0.408. The molecule has 0 aliphatic carbocycles. The summed E-state index contributed by atoms with van der Waals surface area (Å²) in [6.07, 6.45) is 1.34. The zero-order valence-corrected chi connectivity index (χ0v) is 7.94. The van der Waals surface area contributed by atoms with Gasteiger partial charge in [0.1, 0.15) is 5.54 Å². The molecule has 2 N–H and O–H groups in total. The predicted octanol–water partition coefficient (Wildman–Crippen LogP) is 0.941. The van der Waals surface area contributed by atoms with Gasteiger partial charge in [-0.05, 0) is 26.7 Å². The van der Waals surface area contributed by atoms with E-state index in [2.05, 4.69) is 17.2 Å². The molecule has 3 amide bonds. The van der Waals surface area contributed by atoms with Crippen LogP contribution in [0.25, 0.3) is 0 Å². The maximum Gasteiger partial charge on any atom is 0.322 e. The van der Waals surface area contributed by atoms with Crippen molar-refractivity contribution in [2.75, 3.05) is 0 Å². The summed E-state index contributed by atoms with van der Waals surface area (Å²) in [6.45, 7) is 7.37. The highest BCUT2D eigenvalue weighted by Crippen LogP contribution is 2.18. The van der Waals surface area contributed by atoms with Crippen LogP contribution >= 0.6 is 0 Å². The molecule has 1 saturated heterocycles. The van der Waals surface area contributed by atoms with Gasteiger partial charge in [-0.25, -0.2) is 4.79 Å². The summed E-state index contributed by atoms with van der Waals surface area (Å²) in [5.41, 5.74) is 0.255. The Morgan fingerprint density at radius 1 is 1.54 bits per heavy atom. The Labute approximate surface area is 77.4 Å². The molecule has 0 saturated carbocycles. The first kappa shape index (κ1) is 9.77. The van der Waals surface area contributed by atoms with E-state index < -0.39 is 11.6 Å². The lowest BCUT2D eigenvalue weighted by molar-refractivity contribution is -0.123. The molecular formula is C9H14N2O2. The van der Waals surface area contributed by atoms with Crippen molar-refractivity contribution in [3.63, 3.8) is 0 Å². The fourth-order valence-corrected chi connectivity index (χ4v) is 1.22. The van der Waals surface area contributed by atoms with Gasteiger partial charge in [-0.15, -0.1) is 6.58 Å². The van der Waals surface area contributed by atoms with Crippen LogP contribution in [0, 0.1) is 0 Å². The van der Waals surface area contributed by atoms with Crippen LogP contribution in [0.2, 0.25) is 0 Å². The Hall–Kier alpha value is -1.32. The van der Waals surface area contributed by atoms with E-state index in [0.717, 1.165) is 12.0 Å². The minimum Gasteiger partial charge on any atom is -0.324 e. The molecule has 4 heteroatoms. The van der Waals surface area contributed by atoms with Crippen molar-refractivity contribution in [3.8, 4) is 0 Å². The lowest BCUT2D eigenvalue weighted by Gasteiger charge is -2.19. The monoisotopic (exact) mass is 182 g/mol. The highest BCUT2D eigenvalue weighted by molar-refractivity contribution is 6.06. The SMILES string of the molecule is C=C(C)CCC1(C)NC(=O)NC1=O. The Kier molecular flexibility index (Phi) is 2.40. The Bertz CT molecular complexity index is 273. The van der Waals surface area contributed by atoms with Crippen molar-refractivity contribution in [1.29, 1.82) is 0 Å². The van der Waals surface area contributed by atoms with E-state index in [1.807, 2.05) is 6.92 Å². The minimum atomic E-state index is -0.754. The molecule has 0 aromatic heterocycles. The molecule has 1 atom stereocenters. The third-order valence-corrected chi connectivity index (χ3v) is 2.17. The largest absolute Gasteiger partial charge is 0.324 e. The second-order valence-corrected chi connectivity index (χ2v) is 3.70. The number of allylic oxidation sites excluding steroid dienone is 1. The van der Waals surface area contributed by atoms with Gasteiger partial charge in [0.2, 0.25) is 0 Å². The molecule has 1 heterocycles. The molecule has 72 valence electrons. The lowest BCUT2D eigenvalue weighted by atomic mass is 9.94. The van der Waals surface area contributed by atoms with Crippen molar-refractivity contribution >= 4 is 11.9 Å². The number of imide groups is 1. The Morgan fingerprint density at radius 3 is 2.54 bits per heavy atom. The van der Waals surface area contributed by atoms with E-state index in [-0.39, 0.29) is 5.91 Å². The van der Waals surface area contributed by atoms with Crippen molar-refractivity contribution in [1.82, 2.24) is 10.6 Å². The van der Waals surface area contributed by atoms with Crippen molar-refractivity contribution in [2.24, 2.45) is 0 Å². The maximum atomic E-state index is 11.3. The number of carbonyl (C=O) groups excluding carboxylic acids is 2. The molecule has 1 aliphatic heterocycles. The molecule has 0 radical (unpaired) electrons. The number of urea groups is 1. The van der Waals surface area contributed by atoms with Crippen molar-refractivity contribution in [3.05, 3.63) is 12.2 Å². The number of carbonyl (C=O) groups is 2. The summed E-state index contributed by atoms with van der Waals surface area (Å²) in [5.74, 6) is -0.251. The standard InChI is InChI=1S/C9H14N2O2/c1-6(2)4-5-9(3)7(12)10-8(13)11-9/h1,4-5H2,2-3H3,(H2,10,11,12,13). The van der Waals surface area contributed by atoms with Gasteiger partial charge in [-0.3, -0.25) is 10.1 Å². The molecular weight excluding hydrogens is 168 g/mol. The van der Waals surface area contributed by atoms with Crippen LogP contribution in [0.1, 0.15) is 26.7 Å². The van der Waals surface area contributed by atoms with Crippen LogP contribution in [-0.4, -0.2) is 17.5 Å². The molecule has 0 spiro atoms. The maximum absolute atomic E-state index is 11.3. The van der Waals surface area contributed by atoms with Gasteiger partial charge in [-0.2, -0.15) is 0 Å². The first-order valence-electron chi connectivity index (χ1n) is 4.22. The van der Waals surface area contributed by atoms with E-state index >= 15 is 0 Å². The van der Waals surface area contributed by atoms with Crippen LogP contribution in [0.15, 0.2) is 12.2 Å². The molecule has 1 unspecified atom stereocenters. The smallest absolute Gasteiger partial charge is 0.322 e. The minimum absolute atomic E-state index is 0.251. The van der Waals surface area contributed by atoms with Crippen LogP contribution < -0.4 is 10.6 Å². The van der Waals surface area contributed by atoms with Crippen LogP contribution in [-0.2, 0) is 4.79 Å². The normalized spacial score (nSPS) is 26.9. The molecule has 1 fully saturated rings. The molecule has 4 nitrogen and oxygen atoms in total. The molecule has 1 rings (SSSR count). The van der Waals surface area contributed by atoms with E-state index in [9.17, 15) is 9.59 Å². The predicted molar refractivity (Wildman–Crippen MR) is 49.1 cm³/mol. The van der Waals surface area contributed by atoms with Gasteiger partial charge < -0.3 is 5.32 Å². The third-order valence-electron chi connectivity index (χ3n) is 2.17. The number of amides is 3. The average Bonchev–Trinajstić information content (AvgIpc) is 2.23. The van der Waals surface area contributed by atoms with Crippen LogP contribution in [0.3, 0.4) is 0 Å². The number of hydrogen-bond donors (Lipinski definition) is 2.